The Labute approximate surface area is 204 Å². The Bertz CT molecular complexity index is 1150. The van der Waals surface area contributed by atoms with Crippen molar-refractivity contribution in [2.24, 2.45) is 16.3 Å². The van der Waals surface area contributed by atoms with Crippen LogP contribution in [-0.4, -0.2) is 60.5 Å². The minimum atomic E-state index is -0.958. The Morgan fingerprint density at radius 3 is 2.54 bits per heavy atom. The molecule has 0 aliphatic carbocycles. The molecule has 0 bridgehead atoms. The minimum Gasteiger partial charge on any atom is -0.467 e. The highest BCUT2D eigenvalue weighted by Gasteiger charge is 2.43. The SMILES string of the molecule is COC(=O)C(Cc1ccc2ccccc2c1)NC(=O)[C@@H]1C[C@H](N=[N+]=[N-])CN1C(=O)[C@@H](N)C(C)(C)C. The predicted molar refractivity (Wildman–Crippen MR) is 132 cm³/mol. The zero-order chi connectivity index (χ0) is 25.8. The van der Waals surface area contributed by atoms with Crippen LogP contribution < -0.4 is 11.1 Å². The van der Waals surface area contributed by atoms with E-state index in [0.29, 0.717) is 0 Å². The molecule has 2 amide bonds. The molecular weight excluding hydrogens is 448 g/mol. The van der Waals surface area contributed by atoms with Crippen molar-refractivity contribution in [3.63, 3.8) is 0 Å². The minimum absolute atomic E-state index is 0.0817. The zero-order valence-electron chi connectivity index (χ0n) is 20.5. The van der Waals surface area contributed by atoms with Gasteiger partial charge in [0, 0.05) is 17.9 Å². The molecule has 1 saturated heterocycles. The first-order chi connectivity index (χ1) is 16.5. The fraction of sp³-hybridized carbons (Fsp3) is 0.480. The molecule has 1 heterocycles. The van der Waals surface area contributed by atoms with Crippen LogP contribution in [0.3, 0.4) is 0 Å². The van der Waals surface area contributed by atoms with Crippen LogP contribution in [0.25, 0.3) is 21.2 Å². The number of nitrogens with one attached hydrogen (secondary N) is 1. The van der Waals surface area contributed by atoms with Gasteiger partial charge in [-0.2, -0.15) is 0 Å². The summed E-state index contributed by atoms with van der Waals surface area (Å²) in [7, 11) is 1.26. The number of methoxy groups -OCH3 is 1. The fourth-order valence-corrected chi connectivity index (χ4v) is 4.22. The molecule has 1 aliphatic heterocycles. The van der Waals surface area contributed by atoms with E-state index in [0.717, 1.165) is 16.3 Å². The van der Waals surface area contributed by atoms with Crippen molar-refractivity contribution in [1.29, 1.82) is 0 Å². The highest BCUT2D eigenvalue weighted by molar-refractivity contribution is 5.93. The van der Waals surface area contributed by atoms with E-state index >= 15 is 0 Å². The molecule has 2 aromatic carbocycles. The third-order valence-electron chi connectivity index (χ3n) is 6.33. The molecule has 0 radical (unpaired) electrons. The molecule has 1 fully saturated rings. The zero-order valence-corrected chi connectivity index (χ0v) is 20.5. The number of carbonyl (C=O) groups is 3. The number of ether oxygens (including phenoxy) is 1. The lowest BCUT2D eigenvalue weighted by atomic mass is 9.86. The first kappa shape index (κ1) is 26.0. The summed E-state index contributed by atoms with van der Waals surface area (Å²) in [6.45, 7) is 5.59. The summed E-state index contributed by atoms with van der Waals surface area (Å²) >= 11 is 0. The number of nitrogens with zero attached hydrogens (tertiary/aromatic N) is 4. The van der Waals surface area contributed by atoms with Crippen LogP contribution in [0.4, 0.5) is 0 Å². The van der Waals surface area contributed by atoms with Crippen molar-refractivity contribution in [2.45, 2.75) is 57.8 Å². The molecule has 1 unspecified atom stereocenters. The highest BCUT2D eigenvalue weighted by atomic mass is 16.5. The number of likely N-dealkylation sites (tertiary alicyclic amines) is 1. The number of fused-ring (bicyclic) bond motifs is 1. The molecule has 1 aliphatic rings. The van der Waals surface area contributed by atoms with E-state index in [1.165, 1.54) is 12.0 Å². The van der Waals surface area contributed by atoms with Crippen molar-refractivity contribution >= 4 is 28.6 Å². The summed E-state index contributed by atoms with van der Waals surface area (Å²) in [4.78, 5) is 43.2. The fourth-order valence-electron chi connectivity index (χ4n) is 4.22. The predicted octanol–water partition coefficient (Wildman–Crippen LogP) is 2.69. The van der Waals surface area contributed by atoms with Crippen molar-refractivity contribution < 1.29 is 19.1 Å². The number of hydrogen-bond donors (Lipinski definition) is 2. The van der Waals surface area contributed by atoms with E-state index in [9.17, 15) is 14.4 Å². The average Bonchev–Trinajstić information content (AvgIpc) is 3.25. The number of hydrogen-bond acceptors (Lipinski definition) is 6. The molecule has 0 spiro atoms. The number of azide groups is 1. The molecule has 3 rings (SSSR count). The first-order valence-electron chi connectivity index (χ1n) is 11.5. The Hall–Kier alpha value is -3.62. The Balaban J connectivity index is 1.82. The van der Waals surface area contributed by atoms with E-state index < -0.39 is 47.4 Å². The van der Waals surface area contributed by atoms with Gasteiger partial charge in [0.25, 0.3) is 0 Å². The number of benzene rings is 2. The second-order valence-corrected chi connectivity index (χ2v) is 9.91. The molecule has 0 saturated carbocycles. The number of esters is 1. The smallest absolute Gasteiger partial charge is 0.328 e. The summed E-state index contributed by atoms with van der Waals surface area (Å²) in [5, 5.41) is 8.54. The van der Waals surface area contributed by atoms with E-state index in [1.54, 1.807) is 0 Å². The molecule has 0 aromatic heterocycles. The normalized spacial score (nSPS) is 19.5. The maximum absolute atomic E-state index is 13.3. The van der Waals surface area contributed by atoms with E-state index in [1.807, 2.05) is 63.2 Å². The lowest BCUT2D eigenvalue weighted by molar-refractivity contribution is -0.146. The van der Waals surface area contributed by atoms with Crippen molar-refractivity contribution in [3.05, 3.63) is 58.5 Å². The number of rotatable bonds is 7. The summed E-state index contributed by atoms with van der Waals surface area (Å²) in [5.74, 6) is -1.52. The molecule has 10 nitrogen and oxygen atoms in total. The van der Waals surface area contributed by atoms with Crippen molar-refractivity contribution in [2.75, 3.05) is 13.7 Å². The third kappa shape index (κ3) is 6.09. The van der Waals surface area contributed by atoms with Gasteiger partial charge in [-0.3, -0.25) is 9.59 Å². The molecule has 3 N–H and O–H groups in total. The Morgan fingerprint density at radius 1 is 1.23 bits per heavy atom. The van der Waals surface area contributed by atoms with Gasteiger partial charge in [-0.1, -0.05) is 68.4 Å². The van der Waals surface area contributed by atoms with Crippen LogP contribution in [0, 0.1) is 5.41 Å². The largest absolute Gasteiger partial charge is 0.467 e. The van der Waals surface area contributed by atoms with Gasteiger partial charge in [-0.05, 0) is 33.7 Å². The molecular formula is C25H32N6O4. The van der Waals surface area contributed by atoms with Crippen LogP contribution in [0.2, 0.25) is 0 Å². The summed E-state index contributed by atoms with van der Waals surface area (Å²) < 4.78 is 4.93. The van der Waals surface area contributed by atoms with Gasteiger partial charge in [0.1, 0.15) is 12.1 Å². The number of nitrogens with two attached hydrogens (primary N) is 1. The maximum atomic E-state index is 13.3. The van der Waals surface area contributed by atoms with Gasteiger partial charge in [0.15, 0.2) is 0 Å². The van der Waals surface area contributed by atoms with Gasteiger partial charge in [0.05, 0.1) is 19.2 Å². The average molecular weight is 481 g/mol. The molecule has 186 valence electrons. The maximum Gasteiger partial charge on any atom is 0.328 e. The highest BCUT2D eigenvalue weighted by Crippen LogP contribution is 2.26. The summed E-state index contributed by atoms with van der Waals surface area (Å²) in [5.41, 5.74) is 15.4. The lowest BCUT2D eigenvalue weighted by Gasteiger charge is -2.33. The lowest BCUT2D eigenvalue weighted by Crippen LogP contribution is -2.56. The first-order valence-corrected chi connectivity index (χ1v) is 11.5. The van der Waals surface area contributed by atoms with E-state index in [2.05, 4.69) is 15.3 Å². The van der Waals surface area contributed by atoms with Crippen molar-refractivity contribution in [1.82, 2.24) is 10.2 Å². The number of amides is 2. The van der Waals surface area contributed by atoms with Crippen LogP contribution >= 0.6 is 0 Å². The van der Waals surface area contributed by atoms with Gasteiger partial charge >= 0.3 is 5.97 Å². The van der Waals surface area contributed by atoms with Crippen molar-refractivity contribution in [3.8, 4) is 0 Å². The van der Waals surface area contributed by atoms with E-state index in [4.69, 9.17) is 16.0 Å². The van der Waals surface area contributed by atoms with E-state index in [-0.39, 0.29) is 19.4 Å². The summed E-state index contributed by atoms with van der Waals surface area (Å²) in [6, 6.07) is 10.4. The van der Waals surface area contributed by atoms with Gasteiger partial charge in [-0.25, -0.2) is 4.79 Å². The Kier molecular flexibility index (Phi) is 7.99. The monoisotopic (exact) mass is 480 g/mol. The second-order valence-electron chi connectivity index (χ2n) is 9.91. The molecule has 35 heavy (non-hydrogen) atoms. The van der Waals surface area contributed by atoms with Gasteiger partial charge in [0.2, 0.25) is 11.8 Å². The standard InChI is InChI=1S/C25H32N6O4/c1-25(2,3)21(26)23(33)31-14-18(29-30-27)13-20(31)22(32)28-19(24(34)35-4)12-15-9-10-16-7-5-6-8-17(16)11-15/h5-11,18-21H,12-14,26H2,1-4H3,(H,28,32)/t18-,19?,20-,21+/m0/s1. The van der Waals surface area contributed by atoms with Gasteiger partial charge in [-0.15, -0.1) is 0 Å². The molecule has 4 atom stereocenters. The van der Waals surface area contributed by atoms with Crippen LogP contribution in [0.1, 0.15) is 32.8 Å². The Morgan fingerprint density at radius 2 is 1.91 bits per heavy atom. The molecule has 10 heteroatoms. The second kappa shape index (κ2) is 10.8. The quantitative estimate of drug-likeness (QED) is 0.270. The third-order valence-corrected chi connectivity index (χ3v) is 6.33. The summed E-state index contributed by atoms with van der Waals surface area (Å²) in [6.07, 6.45) is 0.355. The van der Waals surface area contributed by atoms with Gasteiger partial charge < -0.3 is 20.7 Å². The van der Waals surface area contributed by atoms with Crippen LogP contribution in [-0.2, 0) is 25.5 Å². The van der Waals surface area contributed by atoms with Crippen LogP contribution in [0.5, 0.6) is 0 Å². The molecule has 2 aromatic rings. The van der Waals surface area contributed by atoms with Crippen LogP contribution in [0.15, 0.2) is 47.6 Å². The topological polar surface area (TPSA) is 150 Å². The number of carbonyl (C=O) groups excluding carboxylic acids is 3.